The highest BCUT2D eigenvalue weighted by atomic mass is 16.5. The number of rotatable bonds is 3. The second kappa shape index (κ2) is 4.56. The van der Waals surface area contributed by atoms with Crippen LogP contribution in [0.15, 0.2) is 24.3 Å². The summed E-state index contributed by atoms with van der Waals surface area (Å²) in [4.78, 5) is 11.3. The molecule has 1 fully saturated rings. The molecule has 2 atom stereocenters. The van der Waals surface area contributed by atoms with Crippen LogP contribution in [0.3, 0.4) is 0 Å². The Morgan fingerprint density at radius 1 is 1.38 bits per heavy atom. The minimum atomic E-state index is 0.145. The van der Waals surface area contributed by atoms with E-state index in [2.05, 4.69) is 5.32 Å². The topological polar surface area (TPSA) is 38.3 Å². The molecule has 1 heterocycles. The van der Waals surface area contributed by atoms with Gasteiger partial charge in [0.2, 0.25) is 5.91 Å². The van der Waals surface area contributed by atoms with Crippen molar-refractivity contribution in [3.63, 3.8) is 0 Å². The van der Waals surface area contributed by atoms with Gasteiger partial charge >= 0.3 is 0 Å². The number of ether oxygens (including phenoxy) is 1. The molecular weight excluding hydrogens is 202 g/mol. The van der Waals surface area contributed by atoms with Crippen LogP contribution in [0, 0.1) is 0 Å². The Bertz CT molecular complexity index is 372. The molecule has 0 spiro atoms. The van der Waals surface area contributed by atoms with Crippen molar-refractivity contribution in [1.82, 2.24) is 5.32 Å². The van der Waals surface area contributed by atoms with Crippen molar-refractivity contribution in [2.75, 3.05) is 6.61 Å². The van der Waals surface area contributed by atoms with Crippen molar-refractivity contribution in [3.8, 4) is 5.75 Å². The maximum absolute atomic E-state index is 11.3. The normalized spacial score (nSPS) is 24.2. The Hall–Kier alpha value is -1.51. The molecule has 0 bridgehead atoms. The second-order valence-corrected chi connectivity index (χ2v) is 4.17. The first kappa shape index (κ1) is 11.0. The van der Waals surface area contributed by atoms with Gasteiger partial charge < -0.3 is 10.1 Å². The number of hydrogen-bond donors (Lipinski definition) is 1. The summed E-state index contributed by atoms with van der Waals surface area (Å²) >= 11 is 0. The first-order valence-electron chi connectivity index (χ1n) is 5.73. The molecule has 1 aromatic carbocycles. The zero-order valence-electron chi connectivity index (χ0n) is 9.69. The first-order valence-corrected chi connectivity index (χ1v) is 5.73. The molecule has 1 saturated heterocycles. The van der Waals surface area contributed by atoms with E-state index in [1.165, 1.54) is 5.56 Å². The molecule has 86 valence electrons. The highest BCUT2D eigenvalue weighted by Crippen LogP contribution is 2.29. The lowest BCUT2D eigenvalue weighted by Gasteiger charge is -2.14. The summed E-state index contributed by atoms with van der Waals surface area (Å²) in [5.74, 6) is 1.32. The summed E-state index contributed by atoms with van der Waals surface area (Å²) < 4.78 is 5.39. The molecule has 2 unspecified atom stereocenters. The summed E-state index contributed by atoms with van der Waals surface area (Å²) in [5.41, 5.74) is 1.20. The third-order valence-electron chi connectivity index (χ3n) is 3.02. The van der Waals surface area contributed by atoms with E-state index in [-0.39, 0.29) is 11.9 Å². The molecule has 1 aliphatic heterocycles. The van der Waals surface area contributed by atoms with E-state index in [1.807, 2.05) is 38.1 Å². The number of carbonyl (C=O) groups is 1. The third-order valence-corrected chi connectivity index (χ3v) is 3.02. The van der Waals surface area contributed by atoms with Crippen molar-refractivity contribution in [2.45, 2.75) is 32.2 Å². The van der Waals surface area contributed by atoms with Crippen LogP contribution in [0.5, 0.6) is 5.75 Å². The van der Waals surface area contributed by atoms with E-state index in [9.17, 15) is 4.79 Å². The molecule has 3 heteroatoms. The lowest BCUT2D eigenvalue weighted by atomic mass is 9.93. The fourth-order valence-electron chi connectivity index (χ4n) is 2.17. The van der Waals surface area contributed by atoms with Crippen LogP contribution < -0.4 is 10.1 Å². The molecule has 0 aliphatic carbocycles. The zero-order chi connectivity index (χ0) is 11.5. The highest BCUT2D eigenvalue weighted by molar-refractivity contribution is 5.80. The van der Waals surface area contributed by atoms with Gasteiger partial charge in [0.05, 0.1) is 6.61 Å². The minimum Gasteiger partial charge on any atom is -0.494 e. The van der Waals surface area contributed by atoms with Crippen LogP contribution in [0.1, 0.15) is 31.7 Å². The number of hydrogen-bond acceptors (Lipinski definition) is 2. The lowest BCUT2D eigenvalue weighted by Crippen LogP contribution is -2.24. The van der Waals surface area contributed by atoms with Crippen LogP contribution >= 0.6 is 0 Å². The average molecular weight is 219 g/mol. The SMILES string of the molecule is CCOc1ccc(C2CC(=O)NC2C)cc1. The van der Waals surface area contributed by atoms with Gasteiger partial charge in [-0.25, -0.2) is 0 Å². The first-order chi connectivity index (χ1) is 7.70. The molecule has 1 amide bonds. The predicted octanol–water partition coefficient (Wildman–Crippen LogP) is 2.08. The number of benzene rings is 1. The summed E-state index contributed by atoms with van der Waals surface area (Å²) in [5, 5.41) is 2.93. The third kappa shape index (κ3) is 2.18. The molecule has 0 radical (unpaired) electrons. The molecule has 1 N–H and O–H groups in total. The van der Waals surface area contributed by atoms with Gasteiger partial charge in [0, 0.05) is 18.4 Å². The number of nitrogens with one attached hydrogen (secondary N) is 1. The van der Waals surface area contributed by atoms with Crippen LogP contribution in [-0.2, 0) is 4.79 Å². The Labute approximate surface area is 95.8 Å². The molecule has 1 aromatic rings. The van der Waals surface area contributed by atoms with Crippen molar-refractivity contribution in [2.24, 2.45) is 0 Å². The van der Waals surface area contributed by atoms with Gasteiger partial charge in [0.25, 0.3) is 0 Å². The van der Waals surface area contributed by atoms with Crippen LogP contribution in [-0.4, -0.2) is 18.6 Å². The van der Waals surface area contributed by atoms with E-state index in [1.54, 1.807) is 0 Å². The lowest BCUT2D eigenvalue weighted by molar-refractivity contribution is -0.119. The Morgan fingerprint density at radius 2 is 2.06 bits per heavy atom. The van der Waals surface area contributed by atoms with E-state index >= 15 is 0 Å². The Morgan fingerprint density at radius 3 is 2.56 bits per heavy atom. The summed E-state index contributed by atoms with van der Waals surface area (Å²) in [6, 6.07) is 8.26. The fourth-order valence-corrected chi connectivity index (χ4v) is 2.17. The predicted molar refractivity (Wildman–Crippen MR) is 62.6 cm³/mol. The van der Waals surface area contributed by atoms with E-state index in [4.69, 9.17) is 4.74 Å². The van der Waals surface area contributed by atoms with E-state index in [0.29, 0.717) is 18.9 Å². The van der Waals surface area contributed by atoms with Crippen LogP contribution in [0.25, 0.3) is 0 Å². The second-order valence-electron chi connectivity index (χ2n) is 4.17. The number of amides is 1. The van der Waals surface area contributed by atoms with E-state index in [0.717, 1.165) is 5.75 Å². The Balaban J connectivity index is 2.12. The van der Waals surface area contributed by atoms with Gasteiger partial charge in [0.15, 0.2) is 0 Å². The van der Waals surface area contributed by atoms with Crippen LogP contribution in [0.4, 0.5) is 0 Å². The zero-order valence-corrected chi connectivity index (χ0v) is 9.69. The van der Waals surface area contributed by atoms with Gasteiger partial charge in [0.1, 0.15) is 5.75 Å². The molecule has 16 heavy (non-hydrogen) atoms. The van der Waals surface area contributed by atoms with Crippen molar-refractivity contribution in [1.29, 1.82) is 0 Å². The fraction of sp³-hybridized carbons (Fsp3) is 0.462. The maximum atomic E-state index is 11.3. The smallest absolute Gasteiger partial charge is 0.220 e. The van der Waals surface area contributed by atoms with E-state index < -0.39 is 0 Å². The van der Waals surface area contributed by atoms with Crippen molar-refractivity contribution < 1.29 is 9.53 Å². The molecule has 1 aliphatic rings. The largest absolute Gasteiger partial charge is 0.494 e. The molecule has 0 aromatic heterocycles. The molecule has 2 rings (SSSR count). The van der Waals surface area contributed by atoms with Crippen LogP contribution in [0.2, 0.25) is 0 Å². The molecule has 3 nitrogen and oxygen atoms in total. The quantitative estimate of drug-likeness (QED) is 0.845. The van der Waals surface area contributed by atoms with Crippen molar-refractivity contribution in [3.05, 3.63) is 29.8 Å². The highest BCUT2D eigenvalue weighted by Gasteiger charge is 2.29. The standard InChI is InChI=1S/C13H17NO2/c1-3-16-11-6-4-10(5-7-11)12-8-13(15)14-9(12)2/h4-7,9,12H,3,8H2,1-2H3,(H,14,15). The maximum Gasteiger partial charge on any atom is 0.220 e. The van der Waals surface area contributed by atoms with Crippen molar-refractivity contribution >= 4 is 5.91 Å². The summed E-state index contributed by atoms with van der Waals surface area (Å²) in [7, 11) is 0. The summed E-state index contributed by atoms with van der Waals surface area (Å²) in [6.45, 7) is 4.70. The number of carbonyl (C=O) groups excluding carboxylic acids is 1. The minimum absolute atomic E-state index is 0.145. The molecular formula is C13H17NO2. The summed E-state index contributed by atoms with van der Waals surface area (Å²) in [6.07, 6.45) is 0.592. The van der Waals surface area contributed by atoms with Gasteiger partial charge in [-0.2, -0.15) is 0 Å². The van der Waals surface area contributed by atoms with Gasteiger partial charge in [-0.3, -0.25) is 4.79 Å². The molecule has 0 saturated carbocycles. The van der Waals surface area contributed by atoms with Gasteiger partial charge in [-0.05, 0) is 31.5 Å². The Kier molecular flexibility index (Phi) is 3.13. The van der Waals surface area contributed by atoms with Gasteiger partial charge in [-0.1, -0.05) is 12.1 Å². The monoisotopic (exact) mass is 219 g/mol. The van der Waals surface area contributed by atoms with Gasteiger partial charge in [-0.15, -0.1) is 0 Å². The average Bonchev–Trinajstić information content (AvgIpc) is 2.59.